The van der Waals surface area contributed by atoms with Crippen LogP contribution in [-0.4, -0.2) is 20.8 Å². The van der Waals surface area contributed by atoms with Gasteiger partial charge < -0.3 is 4.74 Å². The van der Waals surface area contributed by atoms with Gasteiger partial charge in [0, 0.05) is 0 Å². The summed E-state index contributed by atoms with van der Waals surface area (Å²) in [5, 5.41) is 0. The van der Waals surface area contributed by atoms with Gasteiger partial charge >= 0.3 is 6.47 Å². The fraction of sp³-hybridized carbons (Fsp3) is 0.800. The number of hydrogen-bond donors (Lipinski definition) is 0. The van der Waals surface area contributed by atoms with Crippen LogP contribution in [0.3, 0.4) is 0 Å². The molecule has 0 saturated carbocycles. The Labute approximate surface area is 50.9 Å². The van der Waals surface area contributed by atoms with Crippen LogP contribution in [0.5, 0.6) is 0 Å². The molecule has 3 heteroatoms. The van der Waals surface area contributed by atoms with Crippen LogP contribution in [0.4, 0.5) is 0 Å². The third kappa shape index (κ3) is 5.69. The highest BCUT2D eigenvalue weighted by molar-refractivity contribution is 6.76. The molecule has 0 aromatic carbocycles. The van der Waals surface area contributed by atoms with Crippen molar-refractivity contribution < 1.29 is 9.53 Å². The minimum atomic E-state index is -1.16. The molecule has 0 N–H and O–H groups in total. The van der Waals surface area contributed by atoms with Gasteiger partial charge in [-0.3, -0.25) is 0 Å². The van der Waals surface area contributed by atoms with Gasteiger partial charge in [-0.05, 0) is 0 Å². The van der Waals surface area contributed by atoms with Crippen molar-refractivity contribution in [1.82, 2.24) is 0 Å². The first kappa shape index (κ1) is 7.69. The maximum atomic E-state index is 9.53. The molecule has 0 amide bonds. The van der Waals surface area contributed by atoms with Crippen molar-refractivity contribution >= 4 is 14.5 Å². The molecule has 0 aromatic rings. The number of ether oxygens (including phenoxy) is 1. The third-order valence-corrected chi connectivity index (χ3v) is 1.57. The van der Waals surface area contributed by atoms with Gasteiger partial charge in [-0.25, -0.2) is 4.79 Å². The molecule has 0 rings (SSSR count). The molecule has 0 aliphatic rings. The van der Waals surface area contributed by atoms with Gasteiger partial charge in [0.05, 0.1) is 14.3 Å². The van der Waals surface area contributed by atoms with E-state index in [0.717, 1.165) is 0 Å². The molecule has 0 atom stereocenters. The minimum absolute atomic E-state index is 0.580. The average Bonchev–Trinajstić information content (AvgIpc) is 1.59. The predicted octanol–water partition coefficient (Wildman–Crippen LogP) is 0.948. The average molecular weight is 131 g/mol. The van der Waals surface area contributed by atoms with Gasteiger partial charge in [-0.1, -0.05) is 19.6 Å². The van der Waals surface area contributed by atoms with E-state index in [1.807, 2.05) is 0 Å². The molecule has 1 radical (unpaired) electrons. The lowest BCUT2D eigenvalue weighted by atomic mass is 11.5. The Morgan fingerprint density at radius 3 is 2.12 bits per heavy atom. The molecular formula is C5H11O2Si. The van der Waals surface area contributed by atoms with E-state index in [0.29, 0.717) is 6.23 Å². The first-order chi connectivity index (χ1) is 3.56. The van der Waals surface area contributed by atoms with Crippen molar-refractivity contribution in [2.75, 3.05) is 6.23 Å². The highest BCUT2D eigenvalue weighted by atomic mass is 28.3. The molecule has 0 bridgehead atoms. The zero-order valence-corrected chi connectivity index (χ0v) is 6.52. The summed E-state index contributed by atoms with van der Waals surface area (Å²) in [6.07, 6.45) is 0.580. The highest BCUT2D eigenvalue weighted by Crippen LogP contribution is 1.98. The number of rotatable bonds is 3. The van der Waals surface area contributed by atoms with Crippen molar-refractivity contribution in [2.24, 2.45) is 0 Å². The lowest BCUT2D eigenvalue weighted by Crippen LogP contribution is -2.27. The summed E-state index contributed by atoms with van der Waals surface area (Å²) in [6.45, 7) is 7.80. The van der Waals surface area contributed by atoms with Crippen LogP contribution >= 0.6 is 0 Å². The van der Waals surface area contributed by atoms with Crippen LogP contribution in [0.2, 0.25) is 19.6 Å². The monoisotopic (exact) mass is 131 g/mol. The quantitative estimate of drug-likeness (QED) is 0.533. The van der Waals surface area contributed by atoms with E-state index in [9.17, 15) is 4.79 Å². The molecular weight excluding hydrogens is 120 g/mol. The molecule has 0 aliphatic heterocycles. The molecule has 47 valence electrons. The zero-order valence-electron chi connectivity index (χ0n) is 5.52. The number of hydrogen-bond acceptors (Lipinski definition) is 2. The predicted molar refractivity (Wildman–Crippen MR) is 35.0 cm³/mol. The Morgan fingerprint density at radius 2 is 2.00 bits per heavy atom. The Hall–Kier alpha value is -0.313. The molecule has 0 saturated heterocycles. The van der Waals surface area contributed by atoms with Crippen LogP contribution < -0.4 is 0 Å². The molecule has 0 aromatic heterocycles. The highest BCUT2D eigenvalue weighted by Gasteiger charge is 2.12. The van der Waals surface area contributed by atoms with Crippen LogP contribution in [0.25, 0.3) is 0 Å². The fourth-order valence-electron chi connectivity index (χ4n) is 0.246. The van der Waals surface area contributed by atoms with Gasteiger partial charge in [0.15, 0.2) is 0 Å². The van der Waals surface area contributed by atoms with Gasteiger partial charge in [0.1, 0.15) is 0 Å². The van der Waals surface area contributed by atoms with Crippen molar-refractivity contribution in [3.63, 3.8) is 0 Å². The van der Waals surface area contributed by atoms with Gasteiger partial charge in [-0.15, -0.1) is 0 Å². The van der Waals surface area contributed by atoms with Crippen molar-refractivity contribution in [3.8, 4) is 0 Å². The van der Waals surface area contributed by atoms with Crippen LogP contribution in [-0.2, 0) is 9.53 Å². The Bertz CT molecular complexity index is 75.0. The summed E-state index contributed by atoms with van der Waals surface area (Å²) in [6, 6.07) is 0. The molecule has 0 heterocycles. The zero-order chi connectivity index (χ0) is 6.62. The smallest absolute Gasteiger partial charge is 0.417 e. The Morgan fingerprint density at radius 1 is 1.50 bits per heavy atom. The molecule has 2 nitrogen and oxygen atoms in total. The van der Waals surface area contributed by atoms with Crippen molar-refractivity contribution in [3.05, 3.63) is 0 Å². The Kier molecular flexibility index (Phi) is 2.75. The van der Waals surface area contributed by atoms with E-state index in [2.05, 4.69) is 24.4 Å². The lowest BCUT2D eigenvalue weighted by Gasteiger charge is -2.11. The van der Waals surface area contributed by atoms with Crippen LogP contribution in [0.15, 0.2) is 0 Å². The number of carbonyl (C=O) groups excluding carboxylic acids is 1. The van der Waals surface area contributed by atoms with Gasteiger partial charge in [-0.2, -0.15) is 0 Å². The molecule has 0 aliphatic carbocycles. The first-order valence-electron chi connectivity index (χ1n) is 2.55. The van der Waals surface area contributed by atoms with Gasteiger partial charge in [0.25, 0.3) is 0 Å². The van der Waals surface area contributed by atoms with E-state index in [1.165, 1.54) is 6.47 Å². The summed E-state index contributed by atoms with van der Waals surface area (Å²) in [7, 11) is -1.16. The SMILES string of the molecule is C[Si](C)(C)CO[C]=O. The van der Waals surface area contributed by atoms with E-state index in [4.69, 9.17) is 0 Å². The standard InChI is InChI=1S/C5H11O2Si/c1-8(2,3)5-7-4-6/h5H2,1-3H3. The summed E-state index contributed by atoms with van der Waals surface area (Å²) in [5.74, 6) is 0. The summed E-state index contributed by atoms with van der Waals surface area (Å²) in [4.78, 5) is 9.53. The van der Waals surface area contributed by atoms with Gasteiger partial charge in [0.2, 0.25) is 0 Å². The minimum Gasteiger partial charge on any atom is -0.461 e. The molecule has 0 spiro atoms. The van der Waals surface area contributed by atoms with Crippen molar-refractivity contribution in [2.45, 2.75) is 19.6 Å². The van der Waals surface area contributed by atoms with E-state index >= 15 is 0 Å². The van der Waals surface area contributed by atoms with E-state index in [-0.39, 0.29) is 0 Å². The second kappa shape index (κ2) is 2.87. The summed E-state index contributed by atoms with van der Waals surface area (Å²) in [5.41, 5.74) is 0. The maximum Gasteiger partial charge on any atom is 0.417 e. The first-order valence-corrected chi connectivity index (χ1v) is 6.26. The Balaban J connectivity index is 3.24. The third-order valence-electron chi connectivity index (χ3n) is 0.564. The summed E-state index contributed by atoms with van der Waals surface area (Å²) < 4.78 is 4.45. The normalized spacial score (nSPS) is 10.9. The van der Waals surface area contributed by atoms with Crippen molar-refractivity contribution in [1.29, 1.82) is 0 Å². The van der Waals surface area contributed by atoms with E-state index in [1.54, 1.807) is 0 Å². The summed E-state index contributed by atoms with van der Waals surface area (Å²) >= 11 is 0. The van der Waals surface area contributed by atoms with Crippen LogP contribution in [0.1, 0.15) is 0 Å². The largest absolute Gasteiger partial charge is 0.461 e. The lowest BCUT2D eigenvalue weighted by molar-refractivity contribution is 0.325. The second-order valence-electron chi connectivity index (χ2n) is 2.93. The van der Waals surface area contributed by atoms with Crippen LogP contribution in [0, 0.1) is 0 Å². The second-order valence-corrected chi connectivity index (χ2v) is 8.34. The van der Waals surface area contributed by atoms with E-state index < -0.39 is 8.07 Å². The molecule has 0 fully saturated rings. The maximum absolute atomic E-state index is 9.53. The topological polar surface area (TPSA) is 26.3 Å². The molecule has 0 unspecified atom stereocenters. The molecule has 8 heavy (non-hydrogen) atoms. The fourth-order valence-corrected chi connectivity index (χ4v) is 0.738.